The molecule has 8 heteroatoms. The van der Waals surface area contributed by atoms with Crippen LogP contribution in [0.4, 0.5) is 5.69 Å². The van der Waals surface area contributed by atoms with Crippen LogP contribution in [0.2, 0.25) is 0 Å². The van der Waals surface area contributed by atoms with Crippen LogP contribution in [0, 0.1) is 0 Å². The highest BCUT2D eigenvalue weighted by Gasteiger charge is 2.26. The molecule has 0 saturated heterocycles. The normalized spacial score (nSPS) is 15.5. The molecule has 140 valence electrons. The van der Waals surface area contributed by atoms with E-state index in [1.807, 2.05) is 6.92 Å². The van der Waals surface area contributed by atoms with Crippen LogP contribution in [0.3, 0.4) is 0 Å². The molecule has 0 aromatic heterocycles. The van der Waals surface area contributed by atoms with E-state index in [1.54, 1.807) is 24.1 Å². The van der Waals surface area contributed by atoms with Crippen LogP contribution in [-0.2, 0) is 19.7 Å². The van der Waals surface area contributed by atoms with Crippen molar-refractivity contribution < 1.29 is 18.0 Å². The van der Waals surface area contributed by atoms with E-state index in [9.17, 15) is 13.2 Å². The van der Waals surface area contributed by atoms with Gasteiger partial charge in [-0.05, 0) is 38.0 Å². The molecule has 1 amide bonds. The maximum atomic E-state index is 12.7. The van der Waals surface area contributed by atoms with E-state index < -0.39 is 10.0 Å². The van der Waals surface area contributed by atoms with Crippen LogP contribution < -0.4 is 5.32 Å². The molecule has 0 bridgehead atoms. The van der Waals surface area contributed by atoms with Crippen molar-refractivity contribution in [2.75, 3.05) is 32.5 Å². The largest absolute Gasteiger partial charge is 0.376 e. The van der Waals surface area contributed by atoms with Gasteiger partial charge in [0.1, 0.15) is 0 Å². The topological polar surface area (TPSA) is 79.0 Å². The average Bonchev–Trinajstić information content (AvgIpc) is 3.12. The molecule has 0 aliphatic heterocycles. The highest BCUT2D eigenvalue weighted by molar-refractivity contribution is 7.89. The Bertz CT molecular complexity index is 687. The summed E-state index contributed by atoms with van der Waals surface area (Å²) in [5, 5.41) is 2.97. The Labute approximate surface area is 149 Å². The molecule has 2 rings (SSSR count). The van der Waals surface area contributed by atoms with Gasteiger partial charge in [0, 0.05) is 26.3 Å². The monoisotopic (exact) mass is 369 g/mol. The zero-order valence-corrected chi connectivity index (χ0v) is 15.9. The molecule has 0 unspecified atom stereocenters. The molecule has 0 atom stereocenters. The summed E-state index contributed by atoms with van der Waals surface area (Å²) >= 11 is 0. The van der Waals surface area contributed by atoms with Crippen molar-refractivity contribution in [1.82, 2.24) is 9.37 Å². The van der Waals surface area contributed by atoms with Gasteiger partial charge in [0.2, 0.25) is 5.91 Å². The Morgan fingerprint density at radius 3 is 2.60 bits per heavy atom. The molecule has 7 nitrogen and oxygen atoms in total. The van der Waals surface area contributed by atoms with Crippen LogP contribution in [0.15, 0.2) is 29.2 Å². The molecule has 1 fully saturated rings. The summed E-state index contributed by atoms with van der Waals surface area (Å²) in [5.41, 5.74) is 0.577. The first kappa shape index (κ1) is 19.7. The highest BCUT2D eigenvalue weighted by atomic mass is 32.2. The van der Waals surface area contributed by atoms with Gasteiger partial charge in [0.05, 0.1) is 17.5 Å². The Kier molecular flexibility index (Phi) is 6.80. The Hall–Kier alpha value is -1.64. The molecule has 1 aromatic carbocycles. The first-order chi connectivity index (χ1) is 11.8. The molecule has 0 heterocycles. The third-order valence-corrected chi connectivity index (χ3v) is 6.03. The van der Waals surface area contributed by atoms with Gasteiger partial charge < -0.3 is 10.2 Å². The van der Waals surface area contributed by atoms with Gasteiger partial charge in [-0.25, -0.2) is 8.42 Å². The molecule has 25 heavy (non-hydrogen) atoms. The number of hydrogen-bond donors (Lipinski definition) is 1. The number of hydroxylamine groups is 1. The van der Waals surface area contributed by atoms with Crippen LogP contribution in [0.1, 0.15) is 32.6 Å². The van der Waals surface area contributed by atoms with Crippen LogP contribution in [-0.4, -0.2) is 57.0 Å². The smallest absolute Gasteiger partial charge is 0.264 e. The molecule has 1 saturated carbocycles. The molecular formula is C17H27N3O4S. The van der Waals surface area contributed by atoms with E-state index in [0.29, 0.717) is 12.2 Å². The number of carbonyl (C=O) groups is 1. The van der Waals surface area contributed by atoms with Crippen molar-refractivity contribution in [2.24, 2.45) is 0 Å². The summed E-state index contributed by atoms with van der Waals surface area (Å²) in [6, 6.07) is 6.42. The molecule has 1 aliphatic rings. The number of likely N-dealkylation sites (N-methyl/N-ethyl adjacent to an activating group) is 1. The lowest BCUT2D eigenvalue weighted by Gasteiger charge is -2.21. The number of hydrogen-bond acceptors (Lipinski definition) is 5. The van der Waals surface area contributed by atoms with Crippen molar-refractivity contribution >= 4 is 21.6 Å². The minimum Gasteiger partial charge on any atom is -0.376 e. The minimum atomic E-state index is -3.73. The second kappa shape index (κ2) is 8.64. The Morgan fingerprint density at radius 2 is 1.96 bits per heavy atom. The lowest BCUT2D eigenvalue weighted by Crippen LogP contribution is -2.32. The van der Waals surface area contributed by atoms with Gasteiger partial charge in [-0.1, -0.05) is 23.4 Å². The quantitative estimate of drug-likeness (QED) is 0.710. The number of nitrogens with zero attached hydrogens (tertiary/aromatic N) is 2. The SMILES string of the molecule is CCN(C)C(=O)CNc1cccc(S(=O)(=O)N(C)OC2CCCC2)c1. The van der Waals surface area contributed by atoms with Gasteiger partial charge in [-0.15, -0.1) is 0 Å². The van der Waals surface area contributed by atoms with Crippen LogP contribution in [0.5, 0.6) is 0 Å². The number of nitrogens with one attached hydrogen (secondary N) is 1. The minimum absolute atomic E-state index is 0.0386. The van der Waals surface area contributed by atoms with Crippen molar-refractivity contribution in [3.63, 3.8) is 0 Å². The predicted molar refractivity (Wildman–Crippen MR) is 96.5 cm³/mol. The Morgan fingerprint density at radius 1 is 1.28 bits per heavy atom. The fourth-order valence-corrected chi connectivity index (χ4v) is 3.72. The maximum Gasteiger partial charge on any atom is 0.264 e. The van der Waals surface area contributed by atoms with E-state index in [4.69, 9.17) is 4.84 Å². The van der Waals surface area contributed by atoms with Gasteiger partial charge in [0.15, 0.2) is 0 Å². The molecule has 1 aromatic rings. The fourth-order valence-electron chi connectivity index (χ4n) is 2.66. The standard InChI is InChI=1S/C17H27N3O4S/c1-4-19(2)17(21)13-18-14-8-7-11-16(12-14)25(22,23)20(3)24-15-9-5-6-10-15/h7-8,11-12,15,18H,4-6,9-10,13H2,1-3H3. The van der Waals surface area contributed by atoms with Gasteiger partial charge >= 0.3 is 0 Å². The van der Waals surface area contributed by atoms with E-state index >= 15 is 0 Å². The number of carbonyl (C=O) groups excluding carboxylic acids is 1. The summed E-state index contributed by atoms with van der Waals surface area (Å²) in [5.74, 6) is -0.0579. The number of sulfonamides is 1. The number of amides is 1. The lowest BCUT2D eigenvalue weighted by atomic mass is 10.3. The summed E-state index contributed by atoms with van der Waals surface area (Å²) in [7, 11) is -0.586. The molecule has 1 aliphatic carbocycles. The molecule has 1 N–H and O–H groups in total. The summed E-state index contributed by atoms with van der Waals surface area (Å²) in [6.07, 6.45) is 3.86. The predicted octanol–water partition coefficient (Wildman–Crippen LogP) is 2.07. The van der Waals surface area contributed by atoms with Crippen molar-refractivity contribution in [3.8, 4) is 0 Å². The number of benzene rings is 1. The van der Waals surface area contributed by atoms with E-state index in [-0.39, 0.29) is 23.5 Å². The van der Waals surface area contributed by atoms with Gasteiger partial charge in [0.25, 0.3) is 10.0 Å². The first-order valence-electron chi connectivity index (χ1n) is 8.58. The van der Waals surface area contributed by atoms with Crippen LogP contribution >= 0.6 is 0 Å². The highest BCUT2D eigenvalue weighted by Crippen LogP contribution is 2.25. The van der Waals surface area contributed by atoms with E-state index in [1.165, 1.54) is 19.2 Å². The number of anilines is 1. The molecule has 0 spiro atoms. The lowest BCUT2D eigenvalue weighted by molar-refractivity contribution is -0.127. The van der Waals surface area contributed by atoms with E-state index in [2.05, 4.69) is 5.32 Å². The first-order valence-corrected chi connectivity index (χ1v) is 10.0. The second-order valence-corrected chi connectivity index (χ2v) is 8.15. The van der Waals surface area contributed by atoms with Crippen molar-refractivity contribution in [3.05, 3.63) is 24.3 Å². The Balaban J connectivity index is 2.04. The van der Waals surface area contributed by atoms with E-state index in [0.717, 1.165) is 30.2 Å². The van der Waals surface area contributed by atoms with Gasteiger partial charge in [-0.2, -0.15) is 0 Å². The summed E-state index contributed by atoms with van der Waals surface area (Å²) < 4.78 is 26.3. The van der Waals surface area contributed by atoms with Crippen molar-refractivity contribution in [1.29, 1.82) is 0 Å². The zero-order chi connectivity index (χ0) is 18.4. The van der Waals surface area contributed by atoms with Crippen molar-refractivity contribution in [2.45, 2.75) is 43.6 Å². The second-order valence-electron chi connectivity index (χ2n) is 6.22. The summed E-state index contributed by atoms with van der Waals surface area (Å²) in [6.45, 7) is 2.63. The zero-order valence-electron chi connectivity index (χ0n) is 15.1. The maximum absolute atomic E-state index is 12.7. The van der Waals surface area contributed by atoms with Gasteiger partial charge in [-0.3, -0.25) is 9.63 Å². The molecular weight excluding hydrogens is 342 g/mol. The third-order valence-electron chi connectivity index (χ3n) is 4.41. The third kappa shape index (κ3) is 5.17. The molecule has 0 radical (unpaired) electrons. The van der Waals surface area contributed by atoms with Crippen LogP contribution in [0.25, 0.3) is 0 Å². The number of rotatable bonds is 8. The summed E-state index contributed by atoms with van der Waals surface area (Å²) in [4.78, 5) is 19.2. The fraction of sp³-hybridized carbons (Fsp3) is 0.588. The average molecular weight is 369 g/mol.